The fourth-order valence-electron chi connectivity index (χ4n) is 1.91. The minimum absolute atomic E-state index is 0.293. The van der Waals surface area contributed by atoms with Gasteiger partial charge in [0, 0.05) is 12.3 Å². The van der Waals surface area contributed by atoms with Crippen molar-refractivity contribution in [2.24, 2.45) is 0 Å². The van der Waals surface area contributed by atoms with Crippen LogP contribution in [0.15, 0.2) is 36.7 Å². The van der Waals surface area contributed by atoms with Gasteiger partial charge in [0.05, 0.1) is 31.3 Å². The van der Waals surface area contributed by atoms with E-state index in [4.69, 9.17) is 14.2 Å². The lowest BCUT2D eigenvalue weighted by Crippen LogP contribution is -2.01. The summed E-state index contributed by atoms with van der Waals surface area (Å²) in [5.41, 5.74) is 2.39. The highest BCUT2D eigenvalue weighted by Crippen LogP contribution is 2.29. The first-order valence-electron chi connectivity index (χ1n) is 7.55. The third-order valence-electron chi connectivity index (χ3n) is 3.10. The quantitative estimate of drug-likeness (QED) is 0.575. The Labute approximate surface area is 141 Å². The zero-order valence-electron chi connectivity index (χ0n) is 14.0. The molecule has 2 rings (SSSR count). The van der Waals surface area contributed by atoms with Crippen molar-refractivity contribution in [1.82, 2.24) is 9.97 Å². The highest BCUT2D eigenvalue weighted by molar-refractivity contribution is 5.87. The maximum atomic E-state index is 11.3. The van der Waals surface area contributed by atoms with Gasteiger partial charge >= 0.3 is 5.97 Å². The molecule has 0 aliphatic heterocycles. The van der Waals surface area contributed by atoms with Crippen LogP contribution < -0.4 is 9.47 Å². The molecule has 0 fully saturated rings. The molecule has 0 amide bonds. The average Bonchev–Trinajstić information content (AvgIpc) is 2.60. The zero-order chi connectivity index (χ0) is 17.4. The summed E-state index contributed by atoms with van der Waals surface area (Å²) in [5.74, 6) is 0.781. The number of rotatable bonds is 7. The minimum atomic E-state index is -0.380. The topological polar surface area (TPSA) is 70.5 Å². The Hall–Kier alpha value is -2.89. The number of methoxy groups -OCH3 is 1. The van der Waals surface area contributed by atoms with Gasteiger partial charge in [0.2, 0.25) is 0 Å². The lowest BCUT2D eigenvalue weighted by molar-refractivity contribution is -0.137. The van der Waals surface area contributed by atoms with Gasteiger partial charge < -0.3 is 14.2 Å². The molecule has 0 spiro atoms. The first-order chi connectivity index (χ1) is 11.6. The average molecular weight is 328 g/mol. The number of aryl methyl sites for hydroxylation is 1. The number of esters is 1. The molecule has 0 bridgehead atoms. The molecule has 24 heavy (non-hydrogen) atoms. The molecular weight excluding hydrogens is 308 g/mol. The lowest BCUT2D eigenvalue weighted by atomic mass is 10.2. The molecule has 0 N–H and O–H groups in total. The number of hydrogen-bond acceptors (Lipinski definition) is 6. The predicted octanol–water partition coefficient (Wildman–Crippen LogP) is 2.95. The van der Waals surface area contributed by atoms with Crippen LogP contribution in [0.5, 0.6) is 11.5 Å². The molecule has 0 aliphatic carbocycles. The summed E-state index contributed by atoms with van der Waals surface area (Å²) in [4.78, 5) is 19.8. The highest BCUT2D eigenvalue weighted by atomic mass is 16.5. The van der Waals surface area contributed by atoms with Crippen LogP contribution in [-0.4, -0.2) is 29.7 Å². The Bertz CT molecular complexity index is 711. The molecule has 126 valence electrons. The SMILES string of the molecule is CCOC(=O)/C=C/c1ccc(OCc2cnc(C)cn2)c(OC)c1. The Morgan fingerprint density at radius 3 is 2.71 bits per heavy atom. The molecule has 2 aromatic rings. The van der Waals surface area contributed by atoms with Crippen molar-refractivity contribution in [2.75, 3.05) is 13.7 Å². The van der Waals surface area contributed by atoms with Gasteiger partial charge in [-0.25, -0.2) is 4.79 Å². The second-order valence-electron chi connectivity index (χ2n) is 4.93. The van der Waals surface area contributed by atoms with Crippen molar-refractivity contribution < 1.29 is 19.0 Å². The summed E-state index contributed by atoms with van der Waals surface area (Å²) >= 11 is 0. The van der Waals surface area contributed by atoms with Gasteiger partial charge in [0.15, 0.2) is 11.5 Å². The Morgan fingerprint density at radius 2 is 2.04 bits per heavy atom. The molecule has 6 heteroatoms. The highest BCUT2D eigenvalue weighted by Gasteiger charge is 2.06. The zero-order valence-corrected chi connectivity index (χ0v) is 14.0. The van der Waals surface area contributed by atoms with Gasteiger partial charge in [-0.2, -0.15) is 0 Å². The van der Waals surface area contributed by atoms with Crippen LogP contribution in [0.4, 0.5) is 0 Å². The molecule has 0 aliphatic rings. The van der Waals surface area contributed by atoms with Gasteiger partial charge in [0.1, 0.15) is 6.61 Å². The predicted molar refractivity (Wildman–Crippen MR) is 89.8 cm³/mol. The van der Waals surface area contributed by atoms with E-state index in [-0.39, 0.29) is 5.97 Å². The molecule has 0 saturated heterocycles. The number of hydrogen-bond donors (Lipinski definition) is 0. The number of carbonyl (C=O) groups is 1. The van der Waals surface area contributed by atoms with Gasteiger partial charge in [-0.1, -0.05) is 6.07 Å². The molecule has 1 aromatic carbocycles. The summed E-state index contributed by atoms with van der Waals surface area (Å²) in [6.07, 6.45) is 6.41. The van der Waals surface area contributed by atoms with E-state index in [0.717, 1.165) is 17.0 Å². The van der Waals surface area contributed by atoms with Crippen molar-refractivity contribution >= 4 is 12.0 Å². The smallest absolute Gasteiger partial charge is 0.330 e. The summed E-state index contributed by atoms with van der Waals surface area (Å²) in [6.45, 7) is 4.28. The number of carbonyl (C=O) groups excluding carboxylic acids is 1. The van der Waals surface area contributed by atoms with E-state index in [1.807, 2.05) is 13.0 Å². The van der Waals surface area contributed by atoms with Crippen LogP contribution in [0.25, 0.3) is 6.08 Å². The van der Waals surface area contributed by atoms with Crippen LogP contribution in [-0.2, 0) is 16.1 Å². The van der Waals surface area contributed by atoms with E-state index in [9.17, 15) is 4.79 Å². The van der Waals surface area contributed by atoms with Gasteiger partial charge in [-0.05, 0) is 37.6 Å². The second-order valence-corrected chi connectivity index (χ2v) is 4.93. The molecule has 0 unspecified atom stereocenters. The fourth-order valence-corrected chi connectivity index (χ4v) is 1.91. The normalized spacial score (nSPS) is 10.6. The third-order valence-corrected chi connectivity index (χ3v) is 3.10. The molecule has 1 heterocycles. The first kappa shape index (κ1) is 17.5. The Kier molecular flexibility index (Phi) is 6.31. The maximum Gasteiger partial charge on any atom is 0.330 e. The van der Waals surface area contributed by atoms with E-state index in [0.29, 0.717) is 24.7 Å². The minimum Gasteiger partial charge on any atom is -0.493 e. The molecule has 1 aromatic heterocycles. The third kappa shape index (κ3) is 5.08. The van der Waals surface area contributed by atoms with Crippen molar-refractivity contribution in [1.29, 1.82) is 0 Å². The van der Waals surface area contributed by atoms with E-state index in [1.165, 1.54) is 6.08 Å². The first-order valence-corrected chi connectivity index (χ1v) is 7.55. The van der Waals surface area contributed by atoms with Crippen molar-refractivity contribution in [2.45, 2.75) is 20.5 Å². The molecule has 0 atom stereocenters. The molecule has 0 radical (unpaired) electrons. The Balaban J connectivity index is 2.05. The maximum absolute atomic E-state index is 11.3. The van der Waals surface area contributed by atoms with Crippen LogP contribution >= 0.6 is 0 Å². The fraction of sp³-hybridized carbons (Fsp3) is 0.278. The van der Waals surface area contributed by atoms with Crippen LogP contribution in [0, 0.1) is 6.92 Å². The van der Waals surface area contributed by atoms with E-state index in [2.05, 4.69) is 9.97 Å². The van der Waals surface area contributed by atoms with Gasteiger partial charge in [0.25, 0.3) is 0 Å². The number of nitrogens with zero attached hydrogens (tertiary/aromatic N) is 2. The second kappa shape index (κ2) is 8.67. The summed E-state index contributed by atoms with van der Waals surface area (Å²) in [5, 5.41) is 0. The summed E-state index contributed by atoms with van der Waals surface area (Å²) < 4.78 is 15.9. The van der Waals surface area contributed by atoms with E-state index >= 15 is 0 Å². The molecule has 0 saturated carbocycles. The summed E-state index contributed by atoms with van der Waals surface area (Å²) in [6, 6.07) is 5.39. The monoisotopic (exact) mass is 328 g/mol. The van der Waals surface area contributed by atoms with Crippen LogP contribution in [0.3, 0.4) is 0 Å². The molecular formula is C18H20N2O4. The van der Waals surface area contributed by atoms with Crippen LogP contribution in [0.1, 0.15) is 23.9 Å². The number of aromatic nitrogens is 2. The summed E-state index contributed by atoms with van der Waals surface area (Å²) in [7, 11) is 1.56. The van der Waals surface area contributed by atoms with Crippen molar-refractivity contribution in [3.63, 3.8) is 0 Å². The van der Waals surface area contributed by atoms with Crippen molar-refractivity contribution in [3.05, 3.63) is 53.6 Å². The molecule has 6 nitrogen and oxygen atoms in total. The lowest BCUT2D eigenvalue weighted by Gasteiger charge is -2.11. The van der Waals surface area contributed by atoms with E-state index < -0.39 is 0 Å². The Morgan fingerprint density at radius 1 is 1.21 bits per heavy atom. The number of benzene rings is 1. The van der Waals surface area contributed by atoms with Gasteiger partial charge in [-0.15, -0.1) is 0 Å². The van der Waals surface area contributed by atoms with Gasteiger partial charge in [-0.3, -0.25) is 9.97 Å². The number of ether oxygens (including phenoxy) is 3. The van der Waals surface area contributed by atoms with E-state index in [1.54, 1.807) is 44.6 Å². The standard InChI is InChI=1S/C18H20N2O4/c1-4-23-18(21)8-6-14-5-7-16(17(9-14)22-3)24-12-15-11-19-13(2)10-20-15/h5-11H,4,12H2,1-3H3/b8-6+. The van der Waals surface area contributed by atoms with Crippen molar-refractivity contribution in [3.8, 4) is 11.5 Å². The largest absolute Gasteiger partial charge is 0.493 e. The van der Waals surface area contributed by atoms with Crippen LogP contribution in [0.2, 0.25) is 0 Å².